The molecule has 0 aromatic heterocycles. The van der Waals surface area contributed by atoms with Gasteiger partial charge in [-0.2, -0.15) is 0 Å². The van der Waals surface area contributed by atoms with Gasteiger partial charge in [0.1, 0.15) is 0 Å². The number of β-amino-alcohol motifs (C(OH)–C–C–N with tert-alkyl or cyclic N) is 1. The van der Waals surface area contributed by atoms with Crippen LogP contribution in [0.5, 0.6) is 0 Å². The Kier molecular flexibility index (Phi) is 5.60. The van der Waals surface area contributed by atoms with E-state index >= 15 is 0 Å². The topological polar surface area (TPSA) is 72.8 Å². The smallest absolute Gasteiger partial charge is 0.223 e. The molecule has 1 unspecified atom stereocenters. The maximum Gasteiger partial charge on any atom is 0.223 e. The molecule has 0 aromatic rings. The highest BCUT2D eigenvalue weighted by Crippen LogP contribution is 2.26. The number of carbonyl (C=O) groups excluding carboxylic acids is 1. The minimum atomic E-state index is -0.630. The van der Waals surface area contributed by atoms with Crippen LogP contribution in [0.1, 0.15) is 32.1 Å². The summed E-state index contributed by atoms with van der Waals surface area (Å²) in [6, 6.07) is 0. The van der Waals surface area contributed by atoms with E-state index < -0.39 is 6.10 Å². The standard InChI is InChI=1S/C14H26N2O3/c17-10-13(18)9-16-6-4-11(5-7-16)8-15-14(19)12-2-1-3-12/h11-13,17-18H,1-10H2,(H,15,19). The third-order valence-corrected chi connectivity index (χ3v) is 4.43. The summed E-state index contributed by atoms with van der Waals surface area (Å²) < 4.78 is 0. The van der Waals surface area contributed by atoms with Gasteiger partial charge in [0.15, 0.2) is 0 Å². The van der Waals surface area contributed by atoms with Gasteiger partial charge in [0, 0.05) is 19.0 Å². The van der Waals surface area contributed by atoms with Crippen LogP contribution in [-0.4, -0.2) is 59.9 Å². The van der Waals surface area contributed by atoms with E-state index in [9.17, 15) is 9.90 Å². The first-order valence-corrected chi connectivity index (χ1v) is 7.48. The molecule has 2 fully saturated rings. The molecule has 0 aromatic carbocycles. The van der Waals surface area contributed by atoms with E-state index in [0.717, 1.165) is 45.3 Å². The van der Waals surface area contributed by atoms with Crippen molar-refractivity contribution >= 4 is 5.91 Å². The van der Waals surface area contributed by atoms with Crippen LogP contribution in [0.15, 0.2) is 0 Å². The molecule has 110 valence electrons. The molecule has 1 aliphatic carbocycles. The summed E-state index contributed by atoms with van der Waals surface area (Å²) in [6.07, 6.45) is 4.80. The fraction of sp³-hybridized carbons (Fsp3) is 0.929. The average molecular weight is 270 g/mol. The molecule has 1 heterocycles. The van der Waals surface area contributed by atoms with Gasteiger partial charge in [-0.15, -0.1) is 0 Å². The van der Waals surface area contributed by atoms with Crippen molar-refractivity contribution in [3.63, 3.8) is 0 Å². The van der Waals surface area contributed by atoms with E-state index in [4.69, 9.17) is 5.11 Å². The Morgan fingerprint density at radius 3 is 2.47 bits per heavy atom. The molecule has 5 heteroatoms. The normalized spacial score (nSPS) is 23.9. The molecule has 1 saturated carbocycles. The number of rotatable bonds is 6. The predicted octanol–water partition coefficient (Wildman–Crippen LogP) is -0.0321. The first kappa shape index (κ1) is 14.8. The lowest BCUT2D eigenvalue weighted by atomic mass is 9.84. The van der Waals surface area contributed by atoms with Gasteiger partial charge in [0.25, 0.3) is 0 Å². The molecule has 1 atom stereocenters. The number of hydrogen-bond donors (Lipinski definition) is 3. The Bertz CT molecular complexity index is 286. The summed E-state index contributed by atoms with van der Waals surface area (Å²) in [7, 11) is 0. The fourth-order valence-electron chi connectivity index (χ4n) is 2.79. The summed E-state index contributed by atoms with van der Waals surface area (Å²) in [4.78, 5) is 13.9. The molecule has 2 aliphatic rings. The van der Waals surface area contributed by atoms with Crippen LogP contribution in [0, 0.1) is 11.8 Å². The van der Waals surface area contributed by atoms with Gasteiger partial charge in [0.2, 0.25) is 5.91 Å². The van der Waals surface area contributed by atoms with Gasteiger partial charge in [-0.25, -0.2) is 0 Å². The van der Waals surface area contributed by atoms with Crippen molar-refractivity contribution in [3.8, 4) is 0 Å². The van der Waals surface area contributed by atoms with Crippen molar-refractivity contribution in [1.82, 2.24) is 10.2 Å². The van der Waals surface area contributed by atoms with Crippen LogP contribution in [0.4, 0.5) is 0 Å². The number of hydrogen-bond acceptors (Lipinski definition) is 4. The number of aliphatic hydroxyl groups is 2. The molecule has 3 N–H and O–H groups in total. The molecule has 19 heavy (non-hydrogen) atoms. The zero-order chi connectivity index (χ0) is 13.7. The summed E-state index contributed by atoms with van der Waals surface area (Å²) in [5.41, 5.74) is 0. The van der Waals surface area contributed by atoms with Gasteiger partial charge in [0.05, 0.1) is 12.7 Å². The largest absolute Gasteiger partial charge is 0.394 e. The van der Waals surface area contributed by atoms with E-state index in [1.807, 2.05) is 0 Å². The molecule has 1 amide bonds. The van der Waals surface area contributed by atoms with Crippen LogP contribution in [0.25, 0.3) is 0 Å². The van der Waals surface area contributed by atoms with Crippen LogP contribution in [0.2, 0.25) is 0 Å². The first-order valence-electron chi connectivity index (χ1n) is 7.48. The molecule has 0 bridgehead atoms. The number of aliphatic hydroxyl groups excluding tert-OH is 2. The van der Waals surface area contributed by atoms with Crippen molar-refractivity contribution in [2.24, 2.45) is 11.8 Å². The van der Waals surface area contributed by atoms with Crippen LogP contribution >= 0.6 is 0 Å². The van der Waals surface area contributed by atoms with E-state index in [2.05, 4.69) is 10.2 Å². The lowest BCUT2D eigenvalue weighted by Gasteiger charge is -2.33. The average Bonchev–Trinajstić information content (AvgIpc) is 2.36. The van der Waals surface area contributed by atoms with Crippen molar-refractivity contribution < 1.29 is 15.0 Å². The summed E-state index contributed by atoms with van der Waals surface area (Å²) in [5.74, 6) is 1.08. The number of nitrogens with zero attached hydrogens (tertiary/aromatic N) is 1. The molecule has 0 spiro atoms. The highest BCUT2D eigenvalue weighted by molar-refractivity contribution is 5.79. The Hall–Kier alpha value is -0.650. The van der Waals surface area contributed by atoms with Crippen molar-refractivity contribution in [2.75, 3.05) is 32.8 Å². The van der Waals surface area contributed by atoms with Gasteiger partial charge in [-0.05, 0) is 44.7 Å². The SMILES string of the molecule is O=C(NCC1CCN(CC(O)CO)CC1)C1CCC1. The second-order valence-electron chi connectivity index (χ2n) is 5.95. The van der Waals surface area contributed by atoms with Gasteiger partial charge >= 0.3 is 0 Å². The molecule has 1 saturated heterocycles. The van der Waals surface area contributed by atoms with Gasteiger partial charge in [-0.3, -0.25) is 4.79 Å². The second-order valence-corrected chi connectivity index (χ2v) is 5.95. The Labute approximate surface area is 115 Å². The quantitative estimate of drug-likeness (QED) is 0.634. The molecule has 0 radical (unpaired) electrons. The molecular formula is C14H26N2O3. The number of amides is 1. The minimum absolute atomic E-state index is 0.169. The third kappa shape index (κ3) is 4.44. The maximum absolute atomic E-state index is 11.7. The molecule has 5 nitrogen and oxygen atoms in total. The molecular weight excluding hydrogens is 244 g/mol. The monoisotopic (exact) mass is 270 g/mol. The van der Waals surface area contributed by atoms with E-state index in [1.54, 1.807) is 0 Å². The zero-order valence-electron chi connectivity index (χ0n) is 11.6. The van der Waals surface area contributed by atoms with E-state index in [-0.39, 0.29) is 18.4 Å². The van der Waals surface area contributed by atoms with Crippen LogP contribution in [0.3, 0.4) is 0 Å². The van der Waals surface area contributed by atoms with Gasteiger partial charge in [-0.1, -0.05) is 6.42 Å². The third-order valence-electron chi connectivity index (χ3n) is 4.43. The first-order chi connectivity index (χ1) is 9.19. The summed E-state index contributed by atoms with van der Waals surface area (Å²) >= 11 is 0. The van der Waals surface area contributed by atoms with E-state index in [1.165, 1.54) is 6.42 Å². The van der Waals surface area contributed by atoms with Crippen molar-refractivity contribution in [3.05, 3.63) is 0 Å². The second kappa shape index (κ2) is 7.22. The maximum atomic E-state index is 11.7. The number of carbonyl (C=O) groups is 1. The predicted molar refractivity (Wildman–Crippen MR) is 72.6 cm³/mol. The number of nitrogens with one attached hydrogen (secondary N) is 1. The highest BCUT2D eigenvalue weighted by Gasteiger charge is 2.26. The van der Waals surface area contributed by atoms with Crippen molar-refractivity contribution in [2.45, 2.75) is 38.2 Å². The van der Waals surface area contributed by atoms with E-state index in [0.29, 0.717) is 12.5 Å². The number of likely N-dealkylation sites (tertiary alicyclic amines) is 1. The Morgan fingerprint density at radius 1 is 1.26 bits per heavy atom. The Morgan fingerprint density at radius 2 is 1.95 bits per heavy atom. The lowest BCUT2D eigenvalue weighted by Crippen LogP contribution is -2.43. The highest BCUT2D eigenvalue weighted by atomic mass is 16.3. The van der Waals surface area contributed by atoms with Crippen LogP contribution < -0.4 is 5.32 Å². The number of piperidine rings is 1. The van der Waals surface area contributed by atoms with Crippen LogP contribution in [-0.2, 0) is 4.79 Å². The van der Waals surface area contributed by atoms with Crippen molar-refractivity contribution in [1.29, 1.82) is 0 Å². The summed E-state index contributed by atoms with van der Waals surface area (Å²) in [5, 5.41) is 21.3. The molecule has 1 aliphatic heterocycles. The summed E-state index contributed by atoms with van der Waals surface area (Å²) in [6.45, 7) is 3.07. The zero-order valence-corrected chi connectivity index (χ0v) is 11.6. The lowest BCUT2D eigenvalue weighted by molar-refractivity contribution is -0.127. The minimum Gasteiger partial charge on any atom is -0.394 e. The Balaban J connectivity index is 1.59. The molecule has 2 rings (SSSR count). The fourth-order valence-corrected chi connectivity index (χ4v) is 2.79. The van der Waals surface area contributed by atoms with Gasteiger partial charge < -0.3 is 20.4 Å².